The number of likely N-dealkylation sites (tertiary alicyclic amines) is 1. The summed E-state index contributed by atoms with van der Waals surface area (Å²) in [5.41, 5.74) is 6.14. The molecule has 1 aliphatic rings. The summed E-state index contributed by atoms with van der Waals surface area (Å²) in [6, 6.07) is 12.4. The topological polar surface area (TPSA) is 63.4 Å². The zero-order valence-corrected chi connectivity index (χ0v) is 13.0. The molecule has 1 saturated heterocycles. The van der Waals surface area contributed by atoms with Crippen molar-refractivity contribution < 1.29 is 18.4 Å². The van der Waals surface area contributed by atoms with Crippen LogP contribution in [0.25, 0.3) is 10.8 Å². The van der Waals surface area contributed by atoms with Gasteiger partial charge < -0.3 is 10.6 Å². The molecule has 2 aromatic rings. The van der Waals surface area contributed by atoms with Crippen molar-refractivity contribution in [2.24, 2.45) is 5.73 Å². The third-order valence-corrected chi connectivity index (χ3v) is 4.41. The van der Waals surface area contributed by atoms with E-state index in [1.54, 1.807) is 0 Å². The van der Waals surface area contributed by atoms with Crippen molar-refractivity contribution in [3.63, 3.8) is 0 Å². The van der Waals surface area contributed by atoms with Gasteiger partial charge in [0.2, 0.25) is 11.8 Å². The fourth-order valence-electron chi connectivity index (χ4n) is 3.23. The van der Waals surface area contributed by atoms with E-state index in [1.165, 1.54) is 0 Å². The lowest BCUT2D eigenvalue weighted by Crippen LogP contribution is -2.43. The number of benzene rings is 2. The van der Waals surface area contributed by atoms with E-state index >= 15 is 0 Å². The van der Waals surface area contributed by atoms with Crippen LogP contribution in [0.15, 0.2) is 42.5 Å². The van der Waals surface area contributed by atoms with Gasteiger partial charge in [-0.05, 0) is 22.8 Å². The molecule has 1 heterocycles. The molecular weight excluding hydrogens is 314 g/mol. The molecule has 1 aliphatic heterocycles. The van der Waals surface area contributed by atoms with Crippen LogP contribution in [0.5, 0.6) is 0 Å². The molecule has 0 bridgehead atoms. The highest BCUT2D eigenvalue weighted by atomic mass is 19.3. The van der Waals surface area contributed by atoms with Gasteiger partial charge in [0.1, 0.15) is 6.04 Å². The maximum atomic E-state index is 13.5. The molecule has 1 fully saturated rings. The molecule has 2 amide bonds. The summed E-state index contributed by atoms with van der Waals surface area (Å²) >= 11 is 0. The molecule has 126 valence electrons. The Bertz CT molecular complexity index is 786. The predicted molar refractivity (Wildman–Crippen MR) is 86.5 cm³/mol. The Labute approximate surface area is 138 Å². The lowest BCUT2D eigenvalue weighted by molar-refractivity contribution is -0.137. The number of carbonyl (C=O) groups excluding carboxylic acids is 2. The normalized spacial score (nSPS) is 19.6. The molecular formula is C18H18F2N2O2. The number of halogens is 2. The second kappa shape index (κ2) is 6.19. The fraction of sp³-hybridized carbons (Fsp3) is 0.333. The first-order valence-corrected chi connectivity index (χ1v) is 7.81. The minimum absolute atomic E-state index is 0.0634. The molecule has 24 heavy (non-hydrogen) atoms. The van der Waals surface area contributed by atoms with Crippen LogP contribution >= 0.6 is 0 Å². The van der Waals surface area contributed by atoms with E-state index in [1.807, 2.05) is 42.5 Å². The average Bonchev–Trinajstić information content (AvgIpc) is 2.89. The van der Waals surface area contributed by atoms with Crippen molar-refractivity contribution >= 4 is 22.6 Å². The number of amides is 2. The Morgan fingerprint density at radius 1 is 1.17 bits per heavy atom. The summed E-state index contributed by atoms with van der Waals surface area (Å²) in [5, 5.41) is 2.09. The van der Waals surface area contributed by atoms with E-state index in [0.717, 1.165) is 21.2 Å². The number of hydrogen-bond acceptors (Lipinski definition) is 2. The zero-order valence-electron chi connectivity index (χ0n) is 13.0. The standard InChI is InChI=1S/C18H18F2N2O2/c19-18(20)10-15(17(21)24)22(11-18)16(23)9-8-13-6-3-5-12-4-1-2-7-14(12)13/h1-7,15H,8-11H2,(H2,21,24)/t15-/m0/s1. The van der Waals surface area contributed by atoms with E-state index in [9.17, 15) is 18.4 Å². The molecule has 1 atom stereocenters. The summed E-state index contributed by atoms with van der Waals surface area (Å²) in [6.45, 7) is -0.741. The SMILES string of the molecule is NC(=O)[C@@H]1CC(F)(F)CN1C(=O)CCc1cccc2ccccc12. The molecule has 3 rings (SSSR count). The highest BCUT2D eigenvalue weighted by molar-refractivity contribution is 5.89. The van der Waals surface area contributed by atoms with Crippen molar-refractivity contribution in [1.82, 2.24) is 4.90 Å². The Hall–Kier alpha value is -2.50. The molecule has 0 radical (unpaired) electrons. The van der Waals surface area contributed by atoms with Crippen LogP contribution in [0, 0.1) is 0 Å². The van der Waals surface area contributed by atoms with E-state index in [2.05, 4.69) is 0 Å². The summed E-state index contributed by atoms with van der Waals surface area (Å²) < 4.78 is 27.1. The van der Waals surface area contributed by atoms with Gasteiger partial charge in [0.25, 0.3) is 5.92 Å². The van der Waals surface area contributed by atoms with Crippen LogP contribution in [0.4, 0.5) is 8.78 Å². The molecule has 2 N–H and O–H groups in total. The first kappa shape index (κ1) is 16.4. The van der Waals surface area contributed by atoms with Gasteiger partial charge in [-0.25, -0.2) is 8.78 Å². The highest BCUT2D eigenvalue weighted by Crippen LogP contribution is 2.32. The van der Waals surface area contributed by atoms with Gasteiger partial charge in [0.15, 0.2) is 0 Å². The molecule has 0 aliphatic carbocycles. The van der Waals surface area contributed by atoms with Crippen LogP contribution in [0.2, 0.25) is 0 Å². The zero-order chi connectivity index (χ0) is 17.3. The van der Waals surface area contributed by atoms with Crippen LogP contribution in [0.3, 0.4) is 0 Å². The van der Waals surface area contributed by atoms with E-state index in [-0.39, 0.29) is 6.42 Å². The molecule has 0 saturated carbocycles. The largest absolute Gasteiger partial charge is 0.368 e. The Kier molecular flexibility index (Phi) is 4.22. The van der Waals surface area contributed by atoms with Gasteiger partial charge in [0.05, 0.1) is 6.54 Å². The van der Waals surface area contributed by atoms with Crippen molar-refractivity contribution in [1.29, 1.82) is 0 Å². The predicted octanol–water partition coefficient (Wildman–Crippen LogP) is 2.49. The first-order valence-electron chi connectivity index (χ1n) is 7.81. The maximum Gasteiger partial charge on any atom is 0.267 e. The summed E-state index contributed by atoms with van der Waals surface area (Å²) in [6.07, 6.45) is -0.204. The van der Waals surface area contributed by atoms with Crippen molar-refractivity contribution in [2.75, 3.05) is 6.54 Å². The highest BCUT2D eigenvalue weighted by Gasteiger charge is 2.49. The molecule has 2 aromatic carbocycles. The van der Waals surface area contributed by atoms with E-state index < -0.39 is 36.7 Å². The Balaban J connectivity index is 1.74. The van der Waals surface area contributed by atoms with Crippen LogP contribution in [-0.4, -0.2) is 35.2 Å². The molecule has 4 nitrogen and oxygen atoms in total. The number of carbonyl (C=O) groups is 2. The maximum absolute atomic E-state index is 13.5. The molecule has 6 heteroatoms. The number of rotatable bonds is 4. The lowest BCUT2D eigenvalue weighted by Gasteiger charge is -2.21. The van der Waals surface area contributed by atoms with Gasteiger partial charge in [-0.1, -0.05) is 42.5 Å². The van der Waals surface area contributed by atoms with E-state index in [4.69, 9.17) is 5.73 Å². The number of aryl methyl sites for hydroxylation is 1. The number of primary amides is 1. The second-order valence-corrected chi connectivity index (χ2v) is 6.14. The molecule has 0 aromatic heterocycles. The third kappa shape index (κ3) is 3.22. The Morgan fingerprint density at radius 3 is 2.62 bits per heavy atom. The Morgan fingerprint density at radius 2 is 1.88 bits per heavy atom. The molecule has 0 unspecified atom stereocenters. The van der Waals surface area contributed by atoms with Gasteiger partial charge >= 0.3 is 0 Å². The first-order chi connectivity index (χ1) is 11.4. The minimum Gasteiger partial charge on any atom is -0.368 e. The lowest BCUT2D eigenvalue weighted by atomic mass is 10.0. The van der Waals surface area contributed by atoms with Crippen molar-refractivity contribution in [2.45, 2.75) is 31.2 Å². The smallest absolute Gasteiger partial charge is 0.267 e. The summed E-state index contributed by atoms with van der Waals surface area (Å²) in [7, 11) is 0. The summed E-state index contributed by atoms with van der Waals surface area (Å²) in [4.78, 5) is 24.6. The van der Waals surface area contributed by atoms with Crippen LogP contribution in [0.1, 0.15) is 18.4 Å². The van der Waals surface area contributed by atoms with Crippen LogP contribution < -0.4 is 5.73 Å². The van der Waals surface area contributed by atoms with Gasteiger partial charge in [-0.2, -0.15) is 0 Å². The minimum atomic E-state index is -3.06. The number of hydrogen-bond donors (Lipinski definition) is 1. The van der Waals surface area contributed by atoms with Gasteiger partial charge in [-0.15, -0.1) is 0 Å². The van der Waals surface area contributed by atoms with E-state index in [0.29, 0.717) is 6.42 Å². The quantitative estimate of drug-likeness (QED) is 0.935. The number of alkyl halides is 2. The van der Waals surface area contributed by atoms with Crippen LogP contribution in [-0.2, 0) is 16.0 Å². The number of fused-ring (bicyclic) bond motifs is 1. The number of nitrogens with zero attached hydrogens (tertiary/aromatic N) is 1. The van der Waals surface area contributed by atoms with Crippen molar-refractivity contribution in [3.05, 3.63) is 48.0 Å². The third-order valence-electron chi connectivity index (χ3n) is 4.41. The summed E-state index contributed by atoms with van der Waals surface area (Å²) in [5.74, 6) is -4.41. The fourth-order valence-corrected chi connectivity index (χ4v) is 3.23. The number of nitrogens with two attached hydrogens (primary N) is 1. The monoisotopic (exact) mass is 332 g/mol. The van der Waals surface area contributed by atoms with Crippen molar-refractivity contribution in [3.8, 4) is 0 Å². The van der Waals surface area contributed by atoms with Gasteiger partial charge in [-0.3, -0.25) is 9.59 Å². The molecule has 0 spiro atoms. The average molecular weight is 332 g/mol. The van der Waals surface area contributed by atoms with Gasteiger partial charge in [0, 0.05) is 12.8 Å². The second-order valence-electron chi connectivity index (χ2n) is 6.14.